The third-order valence-electron chi connectivity index (χ3n) is 1.79. The molecule has 0 fully saturated rings. The molecule has 0 radical (unpaired) electrons. The van der Waals surface area contributed by atoms with Crippen LogP contribution in [0.1, 0.15) is 31.1 Å². The summed E-state index contributed by atoms with van der Waals surface area (Å²) in [5, 5.41) is 0. The molecule has 2 aromatic heterocycles. The normalized spacial score (nSPS) is 9.79. The number of hydrogen-bond donors (Lipinski definition) is 0. The average Bonchev–Trinajstić information content (AvgIpc) is 2.49. The van der Waals surface area contributed by atoms with E-state index in [1.54, 1.807) is 0 Å². The molecule has 0 bridgehead atoms. The van der Waals surface area contributed by atoms with Crippen molar-refractivity contribution in [2.45, 2.75) is 34.6 Å². The van der Waals surface area contributed by atoms with Crippen molar-refractivity contribution in [2.24, 2.45) is 0 Å². The minimum atomic E-state index is 0.695. The minimum absolute atomic E-state index is 0.695. The van der Waals surface area contributed by atoms with Crippen molar-refractivity contribution < 1.29 is 4.42 Å². The molecule has 0 saturated carbocycles. The number of fused-ring (bicyclic) bond motifs is 1. The SMILES string of the molecule is CC.Cc1cc2oc(C)nc2c(C)n1. The van der Waals surface area contributed by atoms with Gasteiger partial charge in [0, 0.05) is 18.7 Å². The molecule has 14 heavy (non-hydrogen) atoms. The van der Waals surface area contributed by atoms with Gasteiger partial charge in [0.05, 0.1) is 5.69 Å². The summed E-state index contributed by atoms with van der Waals surface area (Å²) < 4.78 is 5.38. The van der Waals surface area contributed by atoms with Gasteiger partial charge in [-0.1, -0.05) is 13.8 Å². The van der Waals surface area contributed by atoms with E-state index >= 15 is 0 Å². The van der Waals surface area contributed by atoms with Gasteiger partial charge >= 0.3 is 0 Å². The van der Waals surface area contributed by atoms with Crippen LogP contribution < -0.4 is 0 Å². The number of aromatic nitrogens is 2. The molecule has 3 nitrogen and oxygen atoms in total. The molecule has 2 heterocycles. The Kier molecular flexibility index (Phi) is 3.23. The van der Waals surface area contributed by atoms with Gasteiger partial charge in [-0.2, -0.15) is 0 Å². The van der Waals surface area contributed by atoms with Gasteiger partial charge < -0.3 is 4.42 Å². The smallest absolute Gasteiger partial charge is 0.192 e. The van der Waals surface area contributed by atoms with Crippen LogP contribution in [0.15, 0.2) is 10.5 Å². The quantitative estimate of drug-likeness (QED) is 0.643. The average molecular weight is 192 g/mol. The number of pyridine rings is 1. The van der Waals surface area contributed by atoms with Gasteiger partial charge in [0.1, 0.15) is 5.52 Å². The highest BCUT2D eigenvalue weighted by Crippen LogP contribution is 2.17. The van der Waals surface area contributed by atoms with E-state index in [0.29, 0.717) is 5.89 Å². The first-order valence-corrected chi connectivity index (χ1v) is 4.88. The van der Waals surface area contributed by atoms with Crippen LogP contribution in [0.2, 0.25) is 0 Å². The highest BCUT2D eigenvalue weighted by Gasteiger charge is 2.05. The fraction of sp³-hybridized carbons (Fsp3) is 0.455. The van der Waals surface area contributed by atoms with Gasteiger partial charge in [-0.05, 0) is 13.8 Å². The molecule has 0 amide bonds. The van der Waals surface area contributed by atoms with Crippen molar-refractivity contribution in [3.8, 4) is 0 Å². The largest absolute Gasteiger partial charge is 0.441 e. The Balaban J connectivity index is 0.000000461. The molecule has 0 saturated heterocycles. The summed E-state index contributed by atoms with van der Waals surface area (Å²) >= 11 is 0. The number of nitrogens with zero attached hydrogens (tertiary/aromatic N) is 2. The molecule has 0 atom stereocenters. The maximum absolute atomic E-state index is 5.38. The Morgan fingerprint density at radius 1 is 1.07 bits per heavy atom. The van der Waals surface area contributed by atoms with E-state index in [1.165, 1.54) is 0 Å². The third kappa shape index (κ3) is 1.92. The lowest BCUT2D eigenvalue weighted by atomic mass is 10.3. The first-order chi connectivity index (χ1) is 6.66. The van der Waals surface area contributed by atoms with E-state index in [9.17, 15) is 0 Å². The number of rotatable bonds is 0. The van der Waals surface area contributed by atoms with Crippen molar-refractivity contribution in [2.75, 3.05) is 0 Å². The maximum atomic E-state index is 5.38. The molecule has 0 aliphatic carbocycles. The lowest BCUT2D eigenvalue weighted by Crippen LogP contribution is -1.86. The fourth-order valence-electron chi connectivity index (χ4n) is 1.34. The van der Waals surface area contributed by atoms with Gasteiger partial charge in [-0.3, -0.25) is 4.98 Å². The summed E-state index contributed by atoms with van der Waals surface area (Å²) in [5.41, 5.74) is 3.61. The second-order valence-corrected chi connectivity index (χ2v) is 2.93. The van der Waals surface area contributed by atoms with E-state index in [-0.39, 0.29) is 0 Å². The highest BCUT2D eigenvalue weighted by molar-refractivity contribution is 5.75. The molecule has 0 aliphatic rings. The van der Waals surface area contributed by atoms with Gasteiger partial charge in [0.25, 0.3) is 0 Å². The van der Waals surface area contributed by atoms with Gasteiger partial charge in [0.2, 0.25) is 0 Å². The second-order valence-electron chi connectivity index (χ2n) is 2.93. The predicted molar refractivity (Wildman–Crippen MR) is 57.4 cm³/mol. The van der Waals surface area contributed by atoms with Crippen molar-refractivity contribution >= 4 is 11.1 Å². The lowest BCUT2D eigenvalue weighted by molar-refractivity contribution is 0.560. The molecular formula is C11H16N2O. The summed E-state index contributed by atoms with van der Waals surface area (Å²) in [6, 6.07) is 1.91. The van der Waals surface area contributed by atoms with Crippen LogP contribution in [0.25, 0.3) is 11.1 Å². The van der Waals surface area contributed by atoms with Crippen LogP contribution >= 0.6 is 0 Å². The summed E-state index contributed by atoms with van der Waals surface area (Å²) in [6.45, 7) is 9.73. The van der Waals surface area contributed by atoms with E-state index < -0.39 is 0 Å². The molecular weight excluding hydrogens is 176 g/mol. The summed E-state index contributed by atoms with van der Waals surface area (Å²) in [5.74, 6) is 0.695. The van der Waals surface area contributed by atoms with Crippen LogP contribution in [-0.4, -0.2) is 9.97 Å². The summed E-state index contributed by atoms with van der Waals surface area (Å²) in [6.07, 6.45) is 0. The molecule has 0 spiro atoms. The van der Waals surface area contributed by atoms with Crippen molar-refractivity contribution in [3.05, 3.63) is 23.3 Å². The summed E-state index contributed by atoms with van der Waals surface area (Å²) in [7, 11) is 0. The van der Waals surface area contributed by atoms with Crippen LogP contribution in [0.3, 0.4) is 0 Å². The van der Waals surface area contributed by atoms with Gasteiger partial charge in [0.15, 0.2) is 11.5 Å². The number of oxazole rings is 1. The standard InChI is InChI=1S/C9H10N2O.C2H6/c1-5-4-8-9(6(2)10-5)11-7(3)12-8;1-2/h4H,1-3H3;1-2H3. The molecule has 0 N–H and O–H groups in total. The van der Waals surface area contributed by atoms with Gasteiger partial charge in [-0.15, -0.1) is 0 Å². The summed E-state index contributed by atoms with van der Waals surface area (Å²) in [4.78, 5) is 8.52. The fourth-order valence-corrected chi connectivity index (χ4v) is 1.34. The highest BCUT2D eigenvalue weighted by atomic mass is 16.3. The Morgan fingerprint density at radius 2 is 1.71 bits per heavy atom. The van der Waals surface area contributed by atoms with Gasteiger partial charge in [-0.25, -0.2) is 4.98 Å². The minimum Gasteiger partial charge on any atom is -0.441 e. The zero-order valence-corrected chi connectivity index (χ0v) is 9.38. The van der Waals surface area contributed by atoms with E-state index in [4.69, 9.17) is 4.42 Å². The molecule has 0 unspecified atom stereocenters. The molecule has 2 aromatic rings. The zero-order valence-electron chi connectivity index (χ0n) is 9.38. The van der Waals surface area contributed by atoms with Crippen molar-refractivity contribution in [3.63, 3.8) is 0 Å². The molecule has 0 aliphatic heterocycles. The van der Waals surface area contributed by atoms with Crippen LogP contribution in [-0.2, 0) is 0 Å². The lowest BCUT2D eigenvalue weighted by Gasteiger charge is -1.93. The first-order valence-electron chi connectivity index (χ1n) is 4.88. The Morgan fingerprint density at radius 3 is 2.36 bits per heavy atom. The topological polar surface area (TPSA) is 38.9 Å². The first kappa shape index (κ1) is 10.7. The zero-order chi connectivity index (χ0) is 10.7. The monoisotopic (exact) mass is 192 g/mol. The number of hydrogen-bond acceptors (Lipinski definition) is 3. The van der Waals surface area contributed by atoms with Crippen LogP contribution in [0.4, 0.5) is 0 Å². The second kappa shape index (κ2) is 4.22. The predicted octanol–water partition coefficient (Wildman–Crippen LogP) is 3.17. The van der Waals surface area contributed by atoms with Crippen LogP contribution in [0.5, 0.6) is 0 Å². The van der Waals surface area contributed by atoms with E-state index in [0.717, 1.165) is 22.5 Å². The molecule has 0 aromatic carbocycles. The van der Waals surface area contributed by atoms with E-state index in [2.05, 4.69) is 9.97 Å². The van der Waals surface area contributed by atoms with Crippen molar-refractivity contribution in [1.29, 1.82) is 0 Å². The van der Waals surface area contributed by atoms with E-state index in [1.807, 2.05) is 40.7 Å². The Labute approximate surface area is 84.2 Å². The molecule has 76 valence electrons. The number of aryl methyl sites for hydroxylation is 3. The van der Waals surface area contributed by atoms with Crippen molar-refractivity contribution in [1.82, 2.24) is 9.97 Å². The third-order valence-corrected chi connectivity index (χ3v) is 1.79. The molecule has 2 rings (SSSR count). The Bertz CT molecular complexity index is 432. The van der Waals surface area contributed by atoms with Crippen LogP contribution in [0, 0.1) is 20.8 Å². The Hall–Kier alpha value is -1.38. The maximum Gasteiger partial charge on any atom is 0.192 e. The molecule has 3 heteroatoms.